The van der Waals surface area contributed by atoms with E-state index in [1.165, 1.54) is 0 Å². The van der Waals surface area contributed by atoms with E-state index in [9.17, 15) is 4.79 Å². The molecule has 0 atom stereocenters. The van der Waals surface area contributed by atoms with Crippen LogP contribution in [0.5, 0.6) is 0 Å². The van der Waals surface area contributed by atoms with Crippen molar-refractivity contribution in [1.29, 1.82) is 0 Å². The Balaban J connectivity index is 2.33. The molecule has 0 saturated carbocycles. The van der Waals surface area contributed by atoms with Gasteiger partial charge in [0.1, 0.15) is 0 Å². The van der Waals surface area contributed by atoms with E-state index in [2.05, 4.69) is 37.2 Å². The van der Waals surface area contributed by atoms with Gasteiger partial charge in [-0.15, -0.1) is 0 Å². The monoisotopic (exact) mass is 383 g/mol. The Kier molecular flexibility index (Phi) is 4.11. The molecule has 6 heteroatoms. The number of nitrogens with one attached hydrogen (secondary N) is 1. The predicted octanol–water partition coefficient (Wildman–Crippen LogP) is 3.64. The van der Waals surface area contributed by atoms with Crippen molar-refractivity contribution in [2.24, 2.45) is 5.73 Å². The highest BCUT2D eigenvalue weighted by molar-refractivity contribution is 9.11. The molecule has 98 valence electrons. The molecular formula is C13H11Br2N3O. The quantitative estimate of drug-likeness (QED) is 0.706. The number of halogens is 2. The summed E-state index contributed by atoms with van der Waals surface area (Å²) in [5.41, 5.74) is 13.5. The zero-order chi connectivity index (χ0) is 14.0. The molecule has 0 fully saturated rings. The number of carbonyl (C=O) groups is 1. The number of primary amides is 1. The number of rotatable bonds is 3. The lowest BCUT2D eigenvalue weighted by Gasteiger charge is -2.12. The first-order valence-corrected chi connectivity index (χ1v) is 6.97. The van der Waals surface area contributed by atoms with E-state index < -0.39 is 5.91 Å². The van der Waals surface area contributed by atoms with Gasteiger partial charge in [-0.25, -0.2) is 0 Å². The molecule has 0 aliphatic carbocycles. The molecule has 2 aromatic rings. The van der Waals surface area contributed by atoms with E-state index in [0.717, 1.165) is 14.6 Å². The van der Waals surface area contributed by atoms with Crippen LogP contribution in [-0.4, -0.2) is 5.91 Å². The number of nitrogens with two attached hydrogens (primary N) is 2. The average molecular weight is 385 g/mol. The zero-order valence-corrected chi connectivity index (χ0v) is 13.0. The van der Waals surface area contributed by atoms with Crippen LogP contribution in [0.25, 0.3) is 0 Å². The third-order valence-electron chi connectivity index (χ3n) is 2.53. The van der Waals surface area contributed by atoms with Crippen LogP contribution >= 0.6 is 31.9 Å². The van der Waals surface area contributed by atoms with Crippen LogP contribution in [0.2, 0.25) is 0 Å². The van der Waals surface area contributed by atoms with Gasteiger partial charge in [-0.1, -0.05) is 15.9 Å². The fourth-order valence-electron chi connectivity index (χ4n) is 1.57. The van der Waals surface area contributed by atoms with Crippen LogP contribution in [0.1, 0.15) is 10.4 Å². The average Bonchev–Trinajstić information content (AvgIpc) is 2.36. The highest BCUT2D eigenvalue weighted by atomic mass is 79.9. The van der Waals surface area contributed by atoms with Gasteiger partial charge in [-0.2, -0.15) is 0 Å². The van der Waals surface area contributed by atoms with Crippen LogP contribution < -0.4 is 16.8 Å². The maximum atomic E-state index is 11.1. The molecule has 1 amide bonds. The Morgan fingerprint density at radius 1 is 1.05 bits per heavy atom. The zero-order valence-electron chi connectivity index (χ0n) is 9.78. The van der Waals surface area contributed by atoms with E-state index in [-0.39, 0.29) is 0 Å². The van der Waals surface area contributed by atoms with E-state index in [4.69, 9.17) is 11.5 Å². The van der Waals surface area contributed by atoms with Crippen LogP contribution in [0.15, 0.2) is 45.3 Å². The molecule has 19 heavy (non-hydrogen) atoms. The minimum Gasteiger partial charge on any atom is -0.397 e. The fraction of sp³-hybridized carbons (Fsp3) is 0. The summed E-state index contributed by atoms with van der Waals surface area (Å²) in [6.07, 6.45) is 0. The summed E-state index contributed by atoms with van der Waals surface area (Å²) in [5.74, 6) is -0.498. The van der Waals surface area contributed by atoms with Crippen LogP contribution in [0, 0.1) is 0 Å². The Labute approximate surface area is 127 Å². The van der Waals surface area contributed by atoms with Gasteiger partial charge in [0.15, 0.2) is 0 Å². The van der Waals surface area contributed by atoms with Gasteiger partial charge in [0.25, 0.3) is 0 Å². The topological polar surface area (TPSA) is 81.1 Å². The fourth-order valence-corrected chi connectivity index (χ4v) is 2.28. The molecule has 0 aromatic heterocycles. The lowest BCUT2D eigenvalue weighted by molar-refractivity contribution is 0.100. The molecule has 0 aliphatic heterocycles. The summed E-state index contributed by atoms with van der Waals surface area (Å²) in [4.78, 5) is 11.1. The SMILES string of the molecule is NC(=O)c1ccc(Nc2cc(Br)ccc2Br)c(N)c1. The molecule has 0 spiro atoms. The number of hydrogen-bond acceptors (Lipinski definition) is 3. The lowest BCUT2D eigenvalue weighted by atomic mass is 10.1. The Bertz CT molecular complexity index is 644. The third-order valence-corrected chi connectivity index (χ3v) is 3.72. The van der Waals surface area contributed by atoms with Crippen molar-refractivity contribution in [2.45, 2.75) is 0 Å². The first kappa shape index (κ1) is 13.9. The second-order valence-corrected chi connectivity index (χ2v) is 5.69. The van der Waals surface area contributed by atoms with Gasteiger partial charge >= 0.3 is 0 Å². The molecule has 4 nitrogen and oxygen atoms in total. The minimum atomic E-state index is -0.498. The molecule has 2 rings (SSSR count). The van der Waals surface area contributed by atoms with Crippen molar-refractivity contribution in [1.82, 2.24) is 0 Å². The Morgan fingerprint density at radius 3 is 2.42 bits per heavy atom. The number of hydrogen-bond donors (Lipinski definition) is 3. The highest BCUT2D eigenvalue weighted by Crippen LogP contribution is 2.31. The first-order chi connectivity index (χ1) is 8.97. The number of benzene rings is 2. The van der Waals surface area contributed by atoms with Gasteiger partial charge in [0.05, 0.1) is 17.1 Å². The van der Waals surface area contributed by atoms with Crippen molar-refractivity contribution in [3.63, 3.8) is 0 Å². The maximum Gasteiger partial charge on any atom is 0.248 e. The van der Waals surface area contributed by atoms with Crippen LogP contribution in [-0.2, 0) is 0 Å². The van der Waals surface area contributed by atoms with Crippen LogP contribution in [0.3, 0.4) is 0 Å². The summed E-state index contributed by atoms with van der Waals surface area (Å²) in [7, 11) is 0. The van der Waals surface area contributed by atoms with Crippen molar-refractivity contribution in [3.8, 4) is 0 Å². The largest absolute Gasteiger partial charge is 0.397 e. The summed E-state index contributed by atoms with van der Waals surface area (Å²) >= 11 is 6.86. The number of carbonyl (C=O) groups excluding carboxylic acids is 1. The predicted molar refractivity (Wildman–Crippen MR) is 84.5 cm³/mol. The van der Waals surface area contributed by atoms with Gasteiger partial charge in [-0.3, -0.25) is 4.79 Å². The highest BCUT2D eigenvalue weighted by Gasteiger charge is 2.07. The first-order valence-electron chi connectivity index (χ1n) is 5.39. The van der Waals surface area contributed by atoms with E-state index >= 15 is 0 Å². The number of anilines is 3. The van der Waals surface area contributed by atoms with Crippen molar-refractivity contribution in [2.75, 3.05) is 11.1 Å². The van der Waals surface area contributed by atoms with Crippen LogP contribution in [0.4, 0.5) is 17.1 Å². The normalized spacial score (nSPS) is 10.2. The van der Waals surface area contributed by atoms with E-state index in [1.54, 1.807) is 18.2 Å². The van der Waals surface area contributed by atoms with E-state index in [1.807, 2.05) is 18.2 Å². The molecule has 0 radical (unpaired) electrons. The maximum absolute atomic E-state index is 11.1. The number of nitrogen functional groups attached to an aromatic ring is 1. The molecule has 5 N–H and O–H groups in total. The Hall–Kier alpha value is -1.53. The summed E-state index contributed by atoms with van der Waals surface area (Å²) < 4.78 is 1.86. The molecule has 0 unspecified atom stereocenters. The van der Waals surface area contributed by atoms with Gasteiger partial charge in [0, 0.05) is 14.5 Å². The summed E-state index contributed by atoms with van der Waals surface area (Å²) in [5, 5.41) is 3.19. The Morgan fingerprint density at radius 2 is 1.79 bits per heavy atom. The molecular weight excluding hydrogens is 374 g/mol. The molecule has 0 bridgehead atoms. The standard InChI is InChI=1S/C13H11Br2N3O/c14-8-2-3-9(15)12(6-8)18-11-4-1-7(13(17)19)5-10(11)16/h1-6,18H,16H2,(H2,17,19). The second kappa shape index (κ2) is 5.63. The summed E-state index contributed by atoms with van der Waals surface area (Å²) in [6.45, 7) is 0. The van der Waals surface area contributed by atoms with Crippen molar-refractivity contribution >= 4 is 54.8 Å². The van der Waals surface area contributed by atoms with Gasteiger partial charge < -0.3 is 16.8 Å². The van der Waals surface area contributed by atoms with E-state index in [0.29, 0.717) is 16.9 Å². The number of amides is 1. The molecule has 0 aliphatic rings. The second-order valence-electron chi connectivity index (χ2n) is 3.92. The minimum absolute atomic E-state index is 0.386. The van der Waals surface area contributed by atoms with Gasteiger partial charge in [0.2, 0.25) is 5.91 Å². The van der Waals surface area contributed by atoms with Crippen molar-refractivity contribution in [3.05, 3.63) is 50.9 Å². The van der Waals surface area contributed by atoms with Gasteiger partial charge in [-0.05, 0) is 52.3 Å². The molecule has 0 heterocycles. The third kappa shape index (κ3) is 3.27. The van der Waals surface area contributed by atoms with Crippen molar-refractivity contribution < 1.29 is 4.79 Å². The smallest absolute Gasteiger partial charge is 0.248 e. The molecule has 0 saturated heterocycles. The lowest BCUT2D eigenvalue weighted by Crippen LogP contribution is -2.11. The molecule has 2 aromatic carbocycles. The summed E-state index contributed by atoms with van der Waals surface area (Å²) in [6, 6.07) is 10.7.